The van der Waals surface area contributed by atoms with Gasteiger partial charge in [-0.2, -0.15) is 0 Å². The maximum Gasteiger partial charge on any atom is 0.328 e. The van der Waals surface area contributed by atoms with Crippen molar-refractivity contribution in [3.8, 4) is 0 Å². The molecule has 3 rings (SSSR count). The number of carbonyl (C=O) groups is 1. The molecule has 1 aromatic heterocycles. The standard InChI is InChI=1S/C18H16ClN3O3/c19-13-7-2-4-9-15(13)20-16(23)10-5-11-22-17(24)12-6-1-3-8-14(12)21-18(22)25/h1-4,6-9H,5,10-11H2,(H,20,23)(H,21,25). The fourth-order valence-electron chi connectivity index (χ4n) is 2.58. The van der Waals surface area contributed by atoms with Crippen LogP contribution in [0.4, 0.5) is 5.69 Å². The third-order valence-corrected chi connectivity index (χ3v) is 4.15. The highest BCUT2D eigenvalue weighted by Crippen LogP contribution is 2.20. The van der Waals surface area contributed by atoms with Gasteiger partial charge in [0.25, 0.3) is 5.56 Å². The number of aromatic nitrogens is 2. The van der Waals surface area contributed by atoms with Gasteiger partial charge in [0.2, 0.25) is 5.91 Å². The molecule has 0 aliphatic carbocycles. The minimum atomic E-state index is -0.477. The highest BCUT2D eigenvalue weighted by molar-refractivity contribution is 6.33. The summed E-state index contributed by atoms with van der Waals surface area (Å²) >= 11 is 5.99. The number of rotatable bonds is 5. The summed E-state index contributed by atoms with van der Waals surface area (Å²) in [5.74, 6) is -0.224. The summed E-state index contributed by atoms with van der Waals surface area (Å²) in [6.07, 6.45) is 0.529. The van der Waals surface area contributed by atoms with Crippen LogP contribution < -0.4 is 16.6 Å². The van der Waals surface area contributed by atoms with E-state index in [9.17, 15) is 14.4 Å². The van der Waals surface area contributed by atoms with Gasteiger partial charge < -0.3 is 10.3 Å². The number of hydrogen-bond acceptors (Lipinski definition) is 3. The quantitative estimate of drug-likeness (QED) is 0.736. The lowest BCUT2D eigenvalue weighted by Crippen LogP contribution is -2.35. The average Bonchev–Trinajstić information content (AvgIpc) is 2.60. The van der Waals surface area contributed by atoms with Crippen LogP contribution in [-0.4, -0.2) is 15.5 Å². The molecular weight excluding hydrogens is 342 g/mol. The molecule has 7 heteroatoms. The first kappa shape index (κ1) is 17.0. The first-order chi connectivity index (χ1) is 12.1. The van der Waals surface area contributed by atoms with Crippen molar-refractivity contribution < 1.29 is 4.79 Å². The van der Waals surface area contributed by atoms with Gasteiger partial charge in [0.05, 0.1) is 21.6 Å². The molecule has 0 saturated heterocycles. The van der Waals surface area contributed by atoms with Crippen LogP contribution in [0.2, 0.25) is 5.02 Å². The second-order valence-corrected chi connectivity index (χ2v) is 5.97. The Bertz CT molecular complexity index is 1040. The Balaban J connectivity index is 1.67. The van der Waals surface area contributed by atoms with Crippen molar-refractivity contribution >= 4 is 34.1 Å². The summed E-state index contributed by atoms with van der Waals surface area (Å²) in [6, 6.07) is 13.8. The summed E-state index contributed by atoms with van der Waals surface area (Å²) in [7, 11) is 0. The van der Waals surface area contributed by atoms with Gasteiger partial charge in [-0.05, 0) is 30.7 Å². The molecule has 128 valence electrons. The van der Waals surface area contributed by atoms with E-state index < -0.39 is 5.69 Å². The molecule has 1 amide bonds. The minimum absolute atomic E-state index is 0.162. The molecule has 0 aliphatic heterocycles. The summed E-state index contributed by atoms with van der Waals surface area (Å²) in [6.45, 7) is 0.162. The minimum Gasteiger partial charge on any atom is -0.325 e. The Hall–Kier alpha value is -2.86. The molecular formula is C18H16ClN3O3. The molecule has 25 heavy (non-hydrogen) atoms. The lowest BCUT2D eigenvalue weighted by atomic mass is 10.2. The van der Waals surface area contributed by atoms with Crippen LogP contribution in [0.5, 0.6) is 0 Å². The molecule has 1 heterocycles. The molecule has 2 aromatic carbocycles. The van der Waals surface area contributed by atoms with Crippen LogP contribution in [0.1, 0.15) is 12.8 Å². The topological polar surface area (TPSA) is 84.0 Å². The molecule has 0 bridgehead atoms. The van der Waals surface area contributed by atoms with E-state index in [1.165, 1.54) is 0 Å². The summed E-state index contributed by atoms with van der Waals surface area (Å²) in [4.78, 5) is 39.1. The molecule has 0 fully saturated rings. The normalized spacial score (nSPS) is 10.8. The van der Waals surface area contributed by atoms with Crippen molar-refractivity contribution in [3.63, 3.8) is 0 Å². The number of anilines is 1. The van der Waals surface area contributed by atoms with Gasteiger partial charge in [-0.25, -0.2) is 4.79 Å². The number of carbonyl (C=O) groups excluding carboxylic acids is 1. The van der Waals surface area contributed by atoms with Crippen molar-refractivity contribution in [2.45, 2.75) is 19.4 Å². The monoisotopic (exact) mass is 357 g/mol. The lowest BCUT2D eigenvalue weighted by molar-refractivity contribution is -0.116. The fraction of sp³-hybridized carbons (Fsp3) is 0.167. The average molecular weight is 358 g/mol. The molecule has 0 radical (unpaired) electrons. The van der Waals surface area contributed by atoms with Crippen LogP contribution >= 0.6 is 11.6 Å². The first-order valence-electron chi connectivity index (χ1n) is 7.82. The number of aromatic amines is 1. The number of halogens is 1. The van der Waals surface area contributed by atoms with Gasteiger partial charge in [0.1, 0.15) is 0 Å². The van der Waals surface area contributed by atoms with E-state index in [-0.39, 0.29) is 24.4 Å². The molecule has 0 aliphatic rings. The lowest BCUT2D eigenvalue weighted by Gasteiger charge is -2.08. The summed E-state index contributed by atoms with van der Waals surface area (Å²) in [5, 5.41) is 3.61. The first-order valence-corrected chi connectivity index (χ1v) is 8.20. The van der Waals surface area contributed by atoms with Gasteiger partial charge in [0.15, 0.2) is 0 Å². The Kier molecular flexibility index (Phi) is 5.00. The van der Waals surface area contributed by atoms with E-state index in [2.05, 4.69) is 10.3 Å². The highest BCUT2D eigenvalue weighted by atomic mass is 35.5. The van der Waals surface area contributed by atoms with Crippen molar-refractivity contribution in [2.24, 2.45) is 0 Å². The molecule has 2 N–H and O–H groups in total. The number of benzene rings is 2. The highest BCUT2D eigenvalue weighted by Gasteiger charge is 2.09. The van der Waals surface area contributed by atoms with E-state index in [1.807, 2.05) is 0 Å². The second kappa shape index (κ2) is 7.36. The third-order valence-electron chi connectivity index (χ3n) is 3.82. The van der Waals surface area contributed by atoms with Crippen molar-refractivity contribution in [2.75, 3.05) is 5.32 Å². The van der Waals surface area contributed by atoms with Crippen LogP contribution in [0, 0.1) is 0 Å². The zero-order chi connectivity index (χ0) is 17.8. The largest absolute Gasteiger partial charge is 0.328 e. The fourth-order valence-corrected chi connectivity index (χ4v) is 2.76. The van der Waals surface area contributed by atoms with Crippen molar-refractivity contribution in [1.29, 1.82) is 0 Å². The van der Waals surface area contributed by atoms with E-state index in [0.717, 1.165) is 4.57 Å². The second-order valence-electron chi connectivity index (χ2n) is 5.56. The number of amides is 1. The van der Waals surface area contributed by atoms with Crippen molar-refractivity contribution in [3.05, 3.63) is 74.4 Å². The van der Waals surface area contributed by atoms with E-state index in [1.54, 1.807) is 48.5 Å². The third kappa shape index (κ3) is 3.80. The number of hydrogen-bond donors (Lipinski definition) is 2. The van der Waals surface area contributed by atoms with Crippen LogP contribution in [0.25, 0.3) is 10.9 Å². The molecule has 0 spiro atoms. The predicted octanol–water partition coefficient (Wildman–Crippen LogP) is 2.76. The number of nitrogens with one attached hydrogen (secondary N) is 2. The molecule has 0 saturated carbocycles. The Labute approximate surface area is 148 Å². The van der Waals surface area contributed by atoms with E-state index >= 15 is 0 Å². The SMILES string of the molecule is O=C(CCCn1c(=O)[nH]c2ccccc2c1=O)Nc1ccccc1Cl. The smallest absolute Gasteiger partial charge is 0.325 e. The zero-order valence-corrected chi connectivity index (χ0v) is 14.0. The molecule has 3 aromatic rings. The number of fused-ring (bicyclic) bond motifs is 1. The van der Waals surface area contributed by atoms with Gasteiger partial charge in [0, 0.05) is 13.0 Å². The Morgan fingerprint density at radius 2 is 1.80 bits per heavy atom. The van der Waals surface area contributed by atoms with Crippen LogP contribution in [0.3, 0.4) is 0 Å². The number of H-pyrrole nitrogens is 1. The number of nitrogens with zero attached hydrogens (tertiary/aromatic N) is 1. The molecule has 0 unspecified atom stereocenters. The van der Waals surface area contributed by atoms with Gasteiger partial charge in [-0.3, -0.25) is 14.2 Å². The van der Waals surface area contributed by atoms with Crippen molar-refractivity contribution in [1.82, 2.24) is 9.55 Å². The van der Waals surface area contributed by atoms with Gasteiger partial charge in [-0.15, -0.1) is 0 Å². The zero-order valence-electron chi connectivity index (χ0n) is 13.3. The maximum atomic E-state index is 12.4. The van der Waals surface area contributed by atoms with Crippen LogP contribution in [-0.2, 0) is 11.3 Å². The predicted molar refractivity (Wildman–Crippen MR) is 98.1 cm³/mol. The van der Waals surface area contributed by atoms with Gasteiger partial charge in [-0.1, -0.05) is 35.9 Å². The molecule has 6 nitrogen and oxygen atoms in total. The van der Waals surface area contributed by atoms with E-state index in [0.29, 0.717) is 28.0 Å². The summed E-state index contributed by atoms with van der Waals surface area (Å²) < 4.78 is 1.12. The Morgan fingerprint density at radius 1 is 1.08 bits per heavy atom. The summed E-state index contributed by atoms with van der Waals surface area (Å²) in [5.41, 5.74) is 0.209. The molecule has 0 atom stereocenters. The Morgan fingerprint density at radius 3 is 2.60 bits per heavy atom. The maximum absolute atomic E-state index is 12.4. The van der Waals surface area contributed by atoms with E-state index in [4.69, 9.17) is 11.6 Å². The van der Waals surface area contributed by atoms with Crippen LogP contribution in [0.15, 0.2) is 58.1 Å². The van der Waals surface area contributed by atoms with Gasteiger partial charge >= 0.3 is 5.69 Å². The number of para-hydroxylation sites is 2.